The molecule has 1 aliphatic rings. The molecule has 0 bridgehead atoms. The van der Waals surface area contributed by atoms with Crippen molar-refractivity contribution in [1.82, 2.24) is 4.57 Å². The molecule has 1 aromatic heterocycles. The van der Waals surface area contributed by atoms with Gasteiger partial charge in [0.15, 0.2) is 5.75 Å². The number of hydrogen-bond donors (Lipinski definition) is 1. The van der Waals surface area contributed by atoms with E-state index in [0.717, 1.165) is 27.9 Å². The van der Waals surface area contributed by atoms with E-state index in [1.807, 2.05) is 61.6 Å². The highest BCUT2D eigenvalue weighted by Crippen LogP contribution is 2.46. The summed E-state index contributed by atoms with van der Waals surface area (Å²) < 4.78 is 7.92. The molecule has 0 fully saturated rings. The van der Waals surface area contributed by atoms with Crippen molar-refractivity contribution in [3.05, 3.63) is 77.3 Å². The van der Waals surface area contributed by atoms with Crippen LogP contribution in [0.3, 0.4) is 0 Å². The second kappa shape index (κ2) is 4.92. The Bertz CT molecular complexity index is 977. The highest BCUT2D eigenvalue weighted by molar-refractivity contribution is 5.90. The number of ether oxygens (including phenoxy) is 1. The highest BCUT2D eigenvalue weighted by Gasteiger charge is 2.34. The van der Waals surface area contributed by atoms with Gasteiger partial charge in [0.1, 0.15) is 11.6 Å². The molecule has 3 aromatic rings. The number of nitrogens with zero attached hydrogens (tertiary/aromatic N) is 2. The summed E-state index contributed by atoms with van der Waals surface area (Å²) in [7, 11) is 2.00. The quantitative estimate of drug-likeness (QED) is 0.749. The lowest BCUT2D eigenvalue weighted by Gasteiger charge is -2.25. The van der Waals surface area contributed by atoms with E-state index < -0.39 is 0 Å². The van der Waals surface area contributed by atoms with Crippen LogP contribution in [0.4, 0.5) is 0 Å². The zero-order valence-corrected chi connectivity index (χ0v) is 12.7. The minimum Gasteiger partial charge on any atom is -0.438 e. The first kappa shape index (κ1) is 13.5. The SMILES string of the molecule is Cn1c2c(c3ccccc31)OC(N)=C(C#N)C2c1ccccc1. The van der Waals surface area contributed by atoms with Crippen LogP contribution in [0, 0.1) is 11.3 Å². The molecule has 4 rings (SSSR count). The first-order valence-electron chi connectivity index (χ1n) is 7.42. The van der Waals surface area contributed by atoms with E-state index in [1.165, 1.54) is 0 Å². The average Bonchev–Trinajstić information content (AvgIpc) is 2.87. The zero-order valence-electron chi connectivity index (χ0n) is 12.7. The minimum absolute atomic E-state index is 0.185. The molecule has 4 heteroatoms. The topological polar surface area (TPSA) is 64.0 Å². The molecule has 112 valence electrons. The van der Waals surface area contributed by atoms with Crippen LogP contribution in [0.25, 0.3) is 10.9 Å². The molecule has 0 aliphatic carbocycles. The first-order valence-corrected chi connectivity index (χ1v) is 7.42. The van der Waals surface area contributed by atoms with Gasteiger partial charge in [0.2, 0.25) is 5.88 Å². The van der Waals surface area contributed by atoms with Gasteiger partial charge in [0.25, 0.3) is 0 Å². The van der Waals surface area contributed by atoms with Crippen LogP contribution in [-0.4, -0.2) is 4.57 Å². The Morgan fingerprint density at radius 1 is 1.09 bits per heavy atom. The molecule has 2 aromatic carbocycles. The highest BCUT2D eigenvalue weighted by atomic mass is 16.5. The number of para-hydroxylation sites is 1. The molecule has 1 atom stereocenters. The molecule has 2 N–H and O–H groups in total. The van der Waals surface area contributed by atoms with Crippen molar-refractivity contribution in [2.45, 2.75) is 5.92 Å². The van der Waals surface area contributed by atoms with Gasteiger partial charge in [0, 0.05) is 12.4 Å². The summed E-state index contributed by atoms with van der Waals surface area (Å²) in [6.07, 6.45) is 0. The van der Waals surface area contributed by atoms with Crippen LogP contribution in [0.2, 0.25) is 0 Å². The van der Waals surface area contributed by atoms with Gasteiger partial charge in [0.05, 0.1) is 17.1 Å². The van der Waals surface area contributed by atoms with Gasteiger partial charge < -0.3 is 15.0 Å². The van der Waals surface area contributed by atoms with Crippen LogP contribution in [0.5, 0.6) is 5.75 Å². The number of nitrogens with two attached hydrogens (primary N) is 1. The zero-order chi connectivity index (χ0) is 16.0. The molecular weight excluding hydrogens is 286 g/mol. The van der Waals surface area contributed by atoms with Crippen molar-refractivity contribution >= 4 is 10.9 Å². The normalized spacial score (nSPS) is 16.8. The van der Waals surface area contributed by atoms with E-state index in [0.29, 0.717) is 5.57 Å². The Hall–Kier alpha value is -3.19. The molecule has 0 spiro atoms. The van der Waals surface area contributed by atoms with Gasteiger partial charge in [-0.2, -0.15) is 5.26 Å². The Labute approximate surface area is 134 Å². The largest absolute Gasteiger partial charge is 0.438 e. The van der Waals surface area contributed by atoms with Crippen molar-refractivity contribution in [2.24, 2.45) is 12.8 Å². The Morgan fingerprint density at radius 2 is 1.78 bits per heavy atom. The van der Waals surface area contributed by atoms with Crippen LogP contribution in [-0.2, 0) is 7.05 Å². The number of nitriles is 1. The van der Waals surface area contributed by atoms with Gasteiger partial charge in [-0.05, 0) is 17.7 Å². The molecule has 23 heavy (non-hydrogen) atoms. The summed E-state index contributed by atoms with van der Waals surface area (Å²) in [5, 5.41) is 10.6. The van der Waals surface area contributed by atoms with E-state index in [-0.39, 0.29) is 11.8 Å². The number of hydrogen-bond acceptors (Lipinski definition) is 3. The van der Waals surface area contributed by atoms with Crippen LogP contribution >= 0.6 is 0 Å². The smallest absolute Gasteiger partial charge is 0.205 e. The maximum atomic E-state index is 9.61. The maximum absolute atomic E-state index is 9.61. The second-order valence-corrected chi connectivity index (χ2v) is 5.63. The molecule has 0 saturated heterocycles. The summed E-state index contributed by atoms with van der Waals surface area (Å²) in [5.74, 6) is 0.709. The number of allylic oxidation sites excluding steroid dienone is 1. The molecule has 0 amide bonds. The number of aryl methyl sites for hydroxylation is 1. The van der Waals surface area contributed by atoms with Crippen molar-refractivity contribution < 1.29 is 4.74 Å². The van der Waals surface area contributed by atoms with Gasteiger partial charge in [-0.1, -0.05) is 42.5 Å². The molecule has 2 heterocycles. The van der Waals surface area contributed by atoms with E-state index in [1.54, 1.807) is 0 Å². The van der Waals surface area contributed by atoms with Crippen molar-refractivity contribution in [2.75, 3.05) is 0 Å². The fourth-order valence-electron chi connectivity index (χ4n) is 3.34. The summed E-state index contributed by atoms with van der Waals surface area (Å²) in [4.78, 5) is 0. The van der Waals surface area contributed by atoms with Gasteiger partial charge in [-0.15, -0.1) is 0 Å². The predicted octanol–water partition coefficient (Wildman–Crippen LogP) is 3.40. The average molecular weight is 301 g/mol. The second-order valence-electron chi connectivity index (χ2n) is 5.63. The molecule has 1 aliphatic heterocycles. The predicted molar refractivity (Wildman–Crippen MR) is 88.7 cm³/mol. The molecular formula is C19H15N3O. The lowest BCUT2D eigenvalue weighted by molar-refractivity contribution is 0.394. The van der Waals surface area contributed by atoms with Gasteiger partial charge >= 0.3 is 0 Å². The van der Waals surface area contributed by atoms with E-state index in [9.17, 15) is 5.26 Å². The third-order valence-electron chi connectivity index (χ3n) is 4.40. The summed E-state index contributed by atoms with van der Waals surface area (Å²) in [5.41, 5.74) is 9.56. The molecule has 0 radical (unpaired) electrons. The number of aromatic nitrogens is 1. The van der Waals surface area contributed by atoms with Crippen LogP contribution in [0.15, 0.2) is 66.1 Å². The van der Waals surface area contributed by atoms with Gasteiger partial charge in [-0.25, -0.2) is 0 Å². The lowest BCUT2D eigenvalue weighted by Crippen LogP contribution is -2.22. The third kappa shape index (κ3) is 1.84. The fourth-order valence-corrected chi connectivity index (χ4v) is 3.34. The standard InChI is InChI=1S/C19H15N3O/c1-22-15-10-6-5-9-13(15)18-17(22)16(12-7-3-2-4-8-12)14(11-20)19(21)23-18/h2-10,16H,21H2,1H3. The van der Waals surface area contributed by atoms with Crippen molar-refractivity contribution in [3.63, 3.8) is 0 Å². The summed E-state index contributed by atoms with van der Waals surface area (Å²) in [6.45, 7) is 0. The van der Waals surface area contributed by atoms with Crippen LogP contribution in [0.1, 0.15) is 17.2 Å². The van der Waals surface area contributed by atoms with E-state index in [2.05, 4.69) is 10.6 Å². The maximum Gasteiger partial charge on any atom is 0.205 e. The molecule has 4 nitrogen and oxygen atoms in total. The number of rotatable bonds is 1. The van der Waals surface area contributed by atoms with E-state index in [4.69, 9.17) is 10.5 Å². The number of fused-ring (bicyclic) bond motifs is 3. The Balaban J connectivity index is 2.08. The van der Waals surface area contributed by atoms with Crippen molar-refractivity contribution in [3.8, 4) is 11.8 Å². The van der Waals surface area contributed by atoms with E-state index >= 15 is 0 Å². The fraction of sp³-hybridized carbons (Fsp3) is 0.105. The summed E-state index contributed by atoms with van der Waals surface area (Å²) >= 11 is 0. The Kier molecular flexibility index (Phi) is 2.88. The first-order chi connectivity index (χ1) is 11.2. The molecule has 0 saturated carbocycles. The van der Waals surface area contributed by atoms with Crippen molar-refractivity contribution in [1.29, 1.82) is 5.26 Å². The third-order valence-corrected chi connectivity index (χ3v) is 4.40. The summed E-state index contributed by atoms with van der Waals surface area (Å²) in [6, 6.07) is 20.2. The van der Waals surface area contributed by atoms with Crippen LogP contribution < -0.4 is 10.5 Å². The lowest BCUT2D eigenvalue weighted by atomic mass is 9.87. The van der Waals surface area contributed by atoms with Gasteiger partial charge in [-0.3, -0.25) is 0 Å². The monoisotopic (exact) mass is 301 g/mol. The number of benzene rings is 2. The Morgan fingerprint density at radius 3 is 2.52 bits per heavy atom. The minimum atomic E-state index is -0.220. The molecule has 1 unspecified atom stereocenters.